The van der Waals surface area contributed by atoms with Crippen molar-refractivity contribution < 1.29 is 15.0 Å². The van der Waals surface area contributed by atoms with Crippen LogP contribution in [0.1, 0.15) is 43.2 Å². The van der Waals surface area contributed by atoms with Crippen molar-refractivity contribution in [3.63, 3.8) is 0 Å². The molecule has 2 aromatic carbocycles. The van der Waals surface area contributed by atoms with Crippen LogP contribution < -0.4 is 0 Å². The van der Waals surface area contributed by atoms with Crippen molar-refractivity contribution in [2.24, 2.45) is 5.41 Å². The molecule has 1 amide bonds. The molecule has 1 heterocycles. The van der Waals surface area contributed by atoms with Gasteiger partial charge in [-0.15, -0.1) is 0 Å². The number of nitrogens with zero attached hydrogens (tertiary/aromatic N) is 1. The molecule has 0 unspecified atom stereocenters. The minimum atomic E-state index is -0.624. The number of piperidine rings is 1. The summed E-state index contributed by atoms with van der Waals surface area (Å²) in [5, 5.41) is 20.5. The molecule has 3 rings (SSSR count). The normalized spacial score (nSPS) is 22.8. The van der Waals surface area contributed by atoms with Crippen LogP contribution in [0.4, 0.5) is 0 Å². The van der Waals surface area contributed by atoms with Gasteiger partial charge in [0, 0.05) is 18.5 Å². The number of rotatable bonds is 6. The zero-order chi connectivity index (χ0) is 19.3. The topological polar surface area (TPSA) is 60.8 Å². The zero-order valence-corrected chi connectivity index (χ0v) is 15.9. The molecule has 1 fully saturated rings. The molecule has 4 heteroatoms. The number of hydrogen-bond donors (Lipinski definition) is 2. The summed E-state index contributed by atoms with van der Waals surface area (Å²) in [5.74, 6) is -0.339. The molecular weight excluding hydrogens is 338 g/mol. The van der Waals surface area contributed by atoms with Gasteiger partial charge in [-0.2, -0.15) is 0 Å². The SMILES string of the molecule is CCC[C@]1(CO)CN(C(=O)C(c2ccccc2)c2ccccc2)CC[C@@H]1O. The van der Waals surface area contributed by atoms with Crippen molar-refractivity contribution in [3.05, 3.63) is 71.8 Å². The Hall–Kier alpha value is -2.17. The quantitative estimate of drug-likeness (QED) is 0.824. The van der Waals surface area contributed by atoms with Crippen LogP contribution in [0.25, 0.3) is 0 Å². The Bertz CT molecular complexity index is 694. The molecule has 27 heavy (non-hydrogen) atoms. The molecule has 1 saturated heterocycles. The van der Waals surface area contributed by atoms with Crippen molar-refractivity contribution in [2.75, 3.05) is 19.7 Å². The van der Waals surface area contributed by atoms with E-state index in [1.54, 1.807) is 0 Å². The van der Waals surface area contributed by atoms with Crippen LogP contribution >= 0.6 is 0 Å². The van der Waals surface area contributed by atoms with Crippen molar-refractivity contribution in [1.29, 1.82) is 0 Å². The molecule has 0 aliphatic carbocycles. The van der Waals surface area contributed by atoms with Crippen LogP contribution in [0.15, 0.2) is 60.7 Å². The molecule has 4 nitrogen and oxygen atoms in total. The molecule has 144 valence electrons. The zero-order valence-electron chi connectivity index (χ0n) is 15.9. The van der Waals surface area contributed by atoms with E-state index in [4.69, 9.17) is 0 Å². The first-order valence-electron chi connectivity index (χ1n) is 9.79. The van der Waals surface area contributed by atoms with Gasteiger partial charge in [0.25, 0.3) is 0 Å². The molecule has 0 aromatic heterocycles. The lowest BCUT2D eigenvalue weighted by Crippen LogP contribution is -2.56. The van der Waals surface area contributed by atoms with E-state index in [9.17, 15) is 15.0 Å². The Morgan fingerprint density at radius 1 is 1.11 bits per heavy atom. The first-order valence-corrected chi connectivity index (χ1v) is 9.79. The number of aliphatic hydroxyl groups is 2. The summed E-state index contributed by atoms with van der Waals surface area (Å²) in [6.07, 6.45) is 1.50. The lowest BCUT2D eigenvalue weighted by atomic mass is 9.74. The molecule has 0 bridgehead atoms. The highest BCUT2D eigenvalue weighted by atomic mass is 16.3. The van der Waals surface area contributed by atoms with Gasteiger partial charge in [-0.3, -0.25) is 4.79 Å². The van der Waals surface area contributed by atoms with Crippen LogP contribution in [0.2, 0.25) is 0 Å². The molecular formula is C23H29NO3. The number of hydrogen-bond acceptors (Lipinski definition) is 3. The van der Waals surface area contributed by atoms with E-state index in [1.807, 2.05) is 72.5 Å². The number of carbonyl (C=O) groups excluding carboxylic acids is 1. The van der Waals surface area contributed by atoms with Gasteiger partial charge in [0.1, 0.15) is 0 Å². The minimum Gasteiger partial charge on any atom is -0.396 e. The highest BCUT2D eigenvalue weighted by molar-refractivity contribution is 5.87. The second-order valence-electron chi connectivity index (χ2n) is 7.59. The highest BCUT2D eigenvalue weighted by Gasteiger charge is 2.44. The van der Waals surface area contributed by atoms with E-state index in [-0.39, 0.29) is 18.4 Å². The fraction of sp³-hybridized carbons (Fsp3) is 0.435. The lowest BCUT2D eigenvalue weighted by Gasteiger charge is -2.46. The highest BCUT2D eigenvalue weighted by Crippen LogP contribution is 2.37. The Kier molecular flexibility index (Phi) is 6.30. The Morgan fingerprint density at radius 3 is 2.15 bits per heavy atom. The third kappa shape index (κ3) is 4.07. The monoisotopic (exact) mass is 367 g/mol. The van der Waals surface area contributed by atoms with Gasteiger partial charge in [-0.05, 0) is 24.0 Å². The minimum absolute atomic E-state index is 0.0354. The van der Waals surface area contributed by atoms with Gasteiger partial charge < -0.3 is 15.1 Å². The van der Waals surface area contributed by atoms with Crippen LogP contribution in [-0.2, 0) is 4.79 Å². The van der Waals surface area contributed by atoms with E-state index < -0.39 is 11.5 Å². The van der Waals surface area contributed by atoms with Gasteiger partial charge in [-0.1, -0.05) is 74.0 Å². The van der Waals surface area contributed by atoms with Crippen molar-refractivity contribution in [3.8, 4) is 0 Å². The van der Waals surface area contributed by atoms with E-state index in [0.717, 1.165) is 17.5 Å². The predicted octanol–water partition coefficient (Wildman–Crippen LogP) is 3.19. The smallest absolute Gasteiger partial charge is 0.234 e. The van der Waals surface area contributed by atoms with Crippen LogP contribution in [0, 0.1) is 5.41 Å². The summed E-state index contributed by atoms with van der Waals surface area (Å²) in [4.78, 5) is 15.4. The largest absolute Gasteiger partial charge is 0.396 e. The fourth-order valence-corrected chi connectivity index (χ4v) is 4.27. The van der Waals surface area contributed by atoms with Gasteiger partial charge in [0.2, 0.25) is 5.91 Å². The Morgan fingerprint density at radius 2 is 1.67 bits per heavy atom. The molecule has 2 N–H and O–H groups in total. The van der Waals surface area contributed by atoms with Crippen LogP contribution in [-0.4, -0.2) is 46.8 Å². The summed E-state index contributed by atoms with van der Waals surface area (Å²) in [6.45, 7) is 2.85. The average molecular weight is 367 g/mol. The summed E-state index contributed by atoms with van der Waals surface area (Å²) < 4.78 is 0. The number of benzene rings is 2. The number of amides is 1. The third-order valence-corrected chi connectivity index (χ3v) is 5.77. The van der Waals surface area contributed by atoms with E-state index in [0.29, 0.717) is 25.9 Å². The second-order valence-corrected chi connectivity index (χ2v) is 7.59. The standard InChI is InChI=1S/C23H29NO3/c1-2-14-23(17-25)16-24(15-13-20(23)26)22(27)21(18-9-5-3-6-10-18)19-11-7-4-8-12-19/h3-12,20-21,25-26H,2,13-17H2,1H3/t20-,23+/m0/s1. The molecule has 2 atom stereocenters. The van der Waals surface area contributed by atoms with Gasteiger partial charge in [-0.25, -0.2) is 0 Å². The predicted molar refractivity (Wildman–Crippen MR) is 106 cm³/mol. The molecule has 1 aliphatic rings. The van der Waals surface area contributed by atoms with E-state index >= 15 is 0 Å². The summed E-state index contributed by atoms with van der Waals surface area (Å²) in [7, 11) is 0. The van der Waals surface area contributed by atoms with Crippen molar-refractivity contribution in [2.45, 2.75) is 38.2 Å². The van der Waals surface area contributed by atoms with Gasteiger partial charge in [0.05, 0.1) is 18.6 Å². The molecule has 0 saturated carbocycles. The molecule has 0 spiro atoms. The Labute approximate surface area is 161 Å². The maximum absolute atomic E-state index is 13.6. The second kappa shape index (κ2) is 8.68. The number of likely N-dealkylation sites (tertiary alicyclic amines) is 1. The summed E-state index contributed by atoms with van der Waals surface area (Å²) in [5.41, 5.74) is 1.30. The average Bonchev–Trinajstić information content (AvgIpc) is 2.71. The first kappa shape index (κ1) is 19.6. The maximum atomic E-state index is 13.6. The molecule has 0 radical (unpaired) electrons. The molecule has 1 aliphatic heterocycles. The van der Waals surface area contributed by atoms with Crippen molar-refractivity contribution in [1.82, 2.24) is 4.90 Å². The van der Waals surface area contributed by atoms with Gasteiger partial charge in [0.15, 0.2) is 0 Å². The molecule has 2 aromatic rings. The first-order chi connectivity index (χ1) is 13.1. The summed E-state index contributed by atoms with van der Waals surface area (Å²) in [6, 6.07) is 19.7. The van der Waals surface area contributed by atoms with E-state index in [1.165, 1.54) is 0 Å². The van der Waals surface area contributed by atoms with E-state index in [2.05, 4.69) is 0 Å². The van der Waals surface area contributed by atoms with Crippen molar-refractivity contribution >= 4 is 5.91 Å². The maximum Gasteiger partial charge on any atom is 0.234 e. The number of carbonyl (C=O) groups is 1. The third-order valence-electron chi connectivity index (χ3n) is 5.77. The lowest BCUT2D eigenvalue weighted by molar-refractivity contribution is -0.143. The number of aliphatic hydroxyl groups excluding tert-OH is 2. The van der Waals surface area contributed by atoms with Gasteiger partial charge >= 0.3 is 0 Å². The fourth-order valence-electron chi connectivity index (χ4n) is 4.27. The Balaban J connectivity index is 1.93. The summed E-state index contributed by atoms with van der Waals surface area (Å²) >= 11 is 0. The van der Waals surface area contributed by atoms with Crippen LogP contribution in [0.5, 0.6) is 0 Å². The van der Waals surface area contributed by atoms with Crippen LogP contribution in [0.3, 0.4) is 0 Å².